The van der Waals surface area contributed by atoms with Gasteiger partial charge in [-0.3, -0.25) is 9.48 Å². The van der Waals surface area contributed by atoms with E-state index in [-0.39, 0.29) is 12.5 Å². The standard InChI is InChI=1S/C8H7IN4O/c9-7-4-11-12(5-7)6-8(14)13-3-1-2-10-13/h1-5H,6H2. The molecule has 0 aliphatic carbocycles. The van der Waals surface area contributed by atoms with Crippen molar-refractivity contribution in [2.24, 2.45) is 0 Å². The van der Waals surface area contributed by atoms with E-state index >= 15 is 0 Å². The summed E-state index contributed by atoms with van der Waals surface area (Å²) in [6, 6.07) is 1.71. The van der Waals surface area contributed by atoms with Crippen molar-refractivity contribution in [3.63, 3.8) is 0 Å². The van der Waals surface area contributed by atoms with Gasteiger partial charge in [-0.1, -0.05) is 0 Å². The lowest BCUT2D eigenvalue weighted by Crippen LogP contribution is -2.18. The highest BCUT2D eigenvalue weighted by atomic mass is 127. The Bertz CT molecular complexity index is 434. The van der Waals surface area contributed by atoms with Crippen molar-refractivity contribution in [2.75, 3.05) is 0 Å². The zero-order chi connectivity index (χ0) is 9.97. The Kier molecular flexibility index (Phi) is 2.62. The van der Waals surface area contributed by atoms with Crippen LogP contribution in [-0.4, -0.2) is 25.5 Å². The summed E-state index contributed by atoms with van der Waals surface area (Å²) in [5, 5.41) is 7.86. The fraction of sp³-hybridized carbons (Fsp3) is 0.125. The lowest BCUT2D eigenvalue weighted by atomic mass is 10.6. The summed E-state index contributed by atoms with van der Waals surface area (Å²) in [5.41, 5.74) is 0. The van der Waals surface area contributed by atoms with Gasteiger partial charge in [-0.25, -0.2) is 4.68 Å². The van der Waals surface area contributed by atoms with Gasteiger partial charge in [-0.15, -0.1) is 0 Å². The van der Waals surface area contributed by atoms with E-state index in [0.29, 0.717) is 0 Å². The number of hydrogen-bond donors (Lipinski definition) is 0. The molecule has 2 aromatic heterocycles. The topological polar surface area (TPSA) is 52.7 Å². The van der Waals surface area contributed by atoms with Crippen LogP contribution in [0, 0.1) is 3.57 Å². The summed E-state index contributed by atoms with van der Waals surface area (Å²) in [6.07, 6.45) is 6.71. The first-order chi connectivity index (χ1) is 6.75. The minimum Gasteiger partial charge on any atom is -0.270 e. The molecule has 0 unspecified atom stereocenters. The molecule has 0 bridgehead atoms. The summed E-state index contributed by atoms with van der Waals surface area (Å²) in [4.78, 5) is 11.5. The number of halogens is 1. The number of rotatable bonds is 2. The molecule has 5 nitrogen and oxygen atoms in total. The first-order valence-electron chi connectivity index (χ1n) is 3.96. The molecule has 0 fully saturated rings. The average molecular weight is 302 g/mol. The zero-order valence-corrected chi connectivity index (χ0v) is 9.33. The monoisotopic (exact) mass is 302 g/mol. The SMILES string of the molecule is O=C(Cn1cc(I)cn1)n1cccn1. The third kappa shape index (κ3) is 2.00. The van der Waals surface area contributed by atoms with E-state index in [1.807, 2.05) is 6.20 Å². The second-order valence-corrected chi connectivity index (χ2v) is 3.95. The molecular formula is C8H7IN4O. The Hall–Kier alpha value is -1.18. The fourth-order valence-electron chi connectivity index (χ4n) is 1.05. The highest BCUT2D eigenvalue weighted by Gasteiger charge is 2.05. The Labute approximate surface area is 93.9 Å². The molecule has 0 radical (unpaired) electrons. The van der Waals surface area contributed by atoms with E-state index in [1.54, 1.807) is 29.3 Å². The minimum atomic E-state index is -0.102. The number of aromatic nitrogens is 4. The van der Waals surface area contributed by atoms with Crippen LogP contribution in [0.5, 0.6) is 0 Å². The third-order valence-electron chi connectivity index (χ3n) is 1.66. The normalized spacial score (nSPS) is 10.4. The van der Waals surface area contributed by atoms with Crippen LogP contribution < -0.4 is 0 Å². The van der Waals surface area contributed by atoms with Crippen LogP contribution >= 0.6 is 22.6 Å². The Morgan fingerprint density at radius 1 is 1.50 bits per heavy atom. The van der Waals surface area contributed by atoms with Gasteiger partial charge in [-0.2, -0.15) is 10.2 Å². The van der Waals surface area contributed by atoms with E-state index in [2.05, 4.69) is 32.8 Å². The zero-order valence-electron chi connectivity index (χ0n) is 7.17. The molecule has 0 atom stereocenters. The number of hydrogen-bond acceptors (Lipinski definition) is 3. The molecule has 2 heterocycles. The summed E-state index contributed by atoms with van der Waals surface area (Å²) in [7, 11) is 0. The molecule has 0 aromatic carbocycles. The largest absolute Gasteiger partial charge is 0.270 e. The smallest absolute Gasteiger partial charge is 0.268 e. The van der Waals surface area contributed by atoms with Crippen LogP contribution in [0.2, 0.25) is 0 Å². The summed E-state index contributed by atoms with van der Waals surface area (Å²) in [5.74, 6) is -0.102. The molecule has 2 aromatic rings. The molecule has 0 saturated heterocycles. The van der Waals surface area contributed by atoms with Gasteiger partial charge < -0.3 is 0 Å². The van der Waals surface area contributed by atoms with Crippen LogP contribution in [0.4, 0.5) is 0 Å². The number of carbonyl (C=O) groups is 1. The molecule has 0 saturated carbocycles. The van der Waals surface area contributed by atoms with Crippen molar-refractivity contribution in [3.05, 3.63) is 34.4 Å². The molecule has 0 aliphatic heterocycles. The average Bonchev–Trinajstić information content (AvgIpc) is 2.75. The van der Waals surface area contributed by atoms with E-state index < -0.39 is 0 Å². The van der Waals surface area contributed by atoms with Crippen molar-refractivity contribution >= 4 is 28.5 Å². The van der Waals surface area contributed by atoms with Crippen molar-refractivity contribution < 1.29 is 4.79 Å². The Balaban J connectivity index is 2.09. The molecule has 0 spiro atoms. The van der Waals surface area contributed by atoms with Crippen LogP contribution in [0.25, 0.3) is 0 Å². The lowest BCUT2D eigenvalue weighted by Gasteiger charge is -1.99. The second-order valence-electron chi connectivity index (χ2n) is 2.70. The maximum Gasteiger partial charge on any atom is 0.268 e. The maximum atomic E-state index is 11.5. The van der Waals surface area contributed by atoms with Gasteiger partial charge in [0, 0.05) is 18.6 Å². The van der Waals surface area contributed by atoms with Crippen LogP contribution in [-0.2, 0) is 6.54 Å². The second kappa shape index (κ2) is 3.91. The summed E-state index contributed by atoms with van der Waals surface area (Å²) in [6.45, 7) is 0.213. The van der Waals surface area contributed by atoms with Crippen molar-refractivity contribution in [1.82, 2.24) is 19.6 Å². The van der Waals surface area contributed by atoms with Crippen LogP contribution in [0.15, 0.2) is 30.9 Å². The summed E-state index contributed by atoms with van der Waals surface area (Å²) < 4.78 is 3.90. The molecule has 0 amide bonds. The summed E-state index contributed by atoms with van der Waals surface area (Å²) >= 11 is 2.14. The van der Waals surface area contributed by atoms with Crippen LogP contribution in [0.3, 0.4) is 0 Å². The molecule has 72 valence electrons. The Morgan fingerprint density at radius 2 is 2.36 bits per heavy atom. The molecule has 6 heteroatoms. The number of nitrogens with zero attached hydrogens (tertiary/aromatic N) is 4. The lowest BCUT2D eigenvalue weighted by molar-refractivity contribution is 0.0870. The predicted molar refractivity (Wildman–Crippen MR) is 57.8 cm³/mol. The highest BCUT2D eigenvalue weighted by molar-refractivity contribution is 14.1. The van der Waals surface area contributed by atoms with Crippen LogP contribution in [0.1, 0.15) is 4.79 Å². The van der Waals surface area contributed by atoms with Crippen molar-refractivity contribution in [2.45, 2.75) is 6.54 Å². The van der Waals surface area contributed by atoms with Gasteiger partial charge in [0.2, 0.25) is 0 Å². The predicted octanol–water partition coefficient (Wildman–Crippen LogP) is 1.02. The molecule has 0 N–H and O–H groups in total. The van der Waals surface area contributed by atoms with E-state index in [4.69, 9.17) is 0 Å². The van der Waals surface area contributed by atoms with Gasteiger partial charge >= 0.3 is 0 Å². The van der Waals surface area contributed by atoms with Gasteiger partial charge in [0.15, 0.2) is 0 Å². The Morgan fingerprint density at radius 3 is 2.93 bits per heavy atom. The van der Waals surface area contributed by atoms with Gasteiger partial charge in [0.1, 0.15) is 6.54 Å². The van der Waals surface area contributed by atoms with Gasteiger partial charge in [0.05, 0.1) is 9.77 Å². The highest BCUT2D eigenvalue weighted by Crippen LogP contribution is 2.01. The van der Waals surface area contributed by atoms with Crippen molar-refractivity contribution in [1.29, 1.82) is 0 Å². The minimum absolute atomic E-state index is 0.102. The first kappa shape index (κ1) is 9.38. The molecule has 14 heavy (non-hydrogen) atoms. The van der Waals surface area contributed by atoms with Gasteiger partial charge in [0.25, 0.3) is 5.91 Å². The van der Waals surface area contributed by atoms with E-state index in [1.165, 1.54) is 4.68 Å². The first-order valence-corrected chi connectivity index (χ1v) is 5.04. The number of carbonyl (C=O) groups excluding carboxylic acids is 1. The quantitative estimate of drug-likeness (QED) is 0.779. The van der Waals surface area contributed by atoms with Gasteiger partial charge in [-0.05, 0) is 28.7 Å². The molecular weight excluding hydrogens is 295 g/mol. The fourth-order valence-corrected chi connectivity index (χ4v) is 1.50. The maximum absolute atomic E-state index is 11.5. The molecule has 2 rings (SSSR count). The molecule has 0 aliphatic rings. The van der Waals surface area contributed by atoms with E-state index in [0.717, 1.165) is 3.57 Å². The van der Waals surface area contributed by atoms with Crippen molar-refractivity contribution in [3.8, 4) is 0 Å². The van der Waals surface area contributed by atoms with E-state index in [9.17, 15) is 4.79 Å². The third-order valence-corrected chi connectivity index (χ3v) is 2.22.